The van der Waals surface area contributed by atoms with Gasteiger partial charge in [-0.1, -0.05) is 6.92 Å². The van der Waals surface area contributed by atoms with Gasteiger partial charge in [0, 0.05) is 64.6 Å². The molecule has 1 saturated heterocycles. The number of likely N-dealkylation sites (tertiary alicyclic amines) is 1. The second-order valence-electron chi connectivity index (χ2n) is 8.72. The first-order valence-electron chi connectivity index (χ1n) is 12.2. The molecule has 0 unspecified atom stereocenters. The number of rotatable bonds is 12. The number of H-pyrrole nitrogens is 1. The van der Waals surface area contributed by atoms with Crippen LogP contribution in [0, 0.1) is 0 Å². The maximum absolute atomic E-state index is 13.0. The zero-order valence-corrected chi connectivity index (χ0v) is 20.4. The predicted octanol–water partition coefficient (Wildman–Crippen LogP) is 1.82. The lowest BCUT2D eigenvalue weighted by Crippen LogP contribution is -2.40. The SMILES string of the molecule is CCCn1c(=O)n(CCCOC)c(=O)c2[nH]c(-c3ccc(NCCCN4CCCC4=O)nc3)nc21. The van der Waals surface area contributed by atoms with Gasteiger partial charge < -0.3 is 19.9 Å². The summed E-state index contributed by atoms with van der Waals surface area (Å²) in [6, 6.07) is 3.72. The van der Waals surface area contributed by atoms with E-state index in [1.54, 1.807) is 17.9 Å². The molecule has 11 heteroatoms. The lowest BCUT2D eigenvalue weighted by atomic mass is 10.2. The van der Waals surface area contributed by atoms with Crippen LogP contribution >= 0.6 is 0 Å². The average molecular weight is 484 g/mol. The summed E-state index contributed by atoms with van der Waals surface area (Å²) < 4.78 is 7.87. The van der Waals surface area contributed by atoms with Crippen LogP contribution in [0.1, 0.15) is 39.0 Å². The minimum atomic E-state index is -0.380. The molecule has 1 aliphatic heterocycles. The molecule has 0 radical (unpaired) electrons. The molecule has 4 rings (SSSR count). The van der Waals surface area contributed by atoms with Crippen LogP contribution in [-0.2, 0) is 22.6 Å². The lowest BCUT2D eigenvalue weighted by molar-refractivity contribution is -0.127. The Morgan fingerprint density at radius 3 is 2.66 bits per heavy atom. The highest BCUT2D eigenvalue weighted by Gasteiger charge is 2.19. The number of aromatic amines is 1. The molecule has 0 bridgehead atoms. The molecule has 1 fully saturated rings. The Kier molecular flexibility index (Phi) is 7.96. The van der Waals surface area contributed by atoms with Crippen molar-refractivity contribution in [2.45, 2.75) is 52.1 Å². The quantitative estimate of drug-likeness (QED) is 0.376. The fourth-order valence-electron chi connectivity index (χ4n) is 4.36. The topological polar surface area (TPSA) is 127 Å². The van der Waals surface area contributed by atoms with Gasteiger partial charge in [0.05, 0.1) is 0 Å². The molecule has 188 valence electrons. The Hall–Kier alpha value is -3.47. The van der Waals surface area contributed by atoms with Crippen LogP contribution in [0.25, 0.3) is 22.6 Å². The van der Waals surface area contributed by atoms with Crippen LogP contribution in [0.15, 0.2) is 27.9 Å². The van der Waals surface area contributed by atoms with E-state index < -0.39 is 0 Å². The molecule has 2 N–H and O–H groups in total. The lowest BCUT2D eigenvalue weighted by Gasteiger charge is -2.15. The van der Waals surface area contributed by atoms with E-state index in [0.29, 0.717) is 49.5 Å². The molecular weight excluding hydrogens is 450 g/mol. The highest BCUT2D eigenvalue weighted by Crippen LogP contribution is 2.19. The zero-order valence-electron chi connectivity index (χ0n) is 20.4. The first-order valence-corrected chi connectivity index (χ1v) is 12.2. The number of aromatic nitrogens is 5. The highest BCUT2D eigenvalue weighted by atomic mass is 16.5. The standard InChI is InChI=1S/C24H33N7O4/c1-3-11-30-22-20(23(33)31(24(30)34)14-6-15-35-2)27-21(28-22)17-8-9-18(26-16-17)25-10-5-13-29-12-4-7-19(29)32/h8-9,16H,3-7,10-15H2,1-2H3,(H,25,26)(H,27,28). The minimum Gasteiger partial charge on any atom is -0.385 e. The summed E-state index contributed by atoms with van der Waals surface area (Å²) in [5.41, 5.74) is 0.652. The van der Waals surface area contributed by atoms with Gasteiger partial charge in [0.25, 0.3) is 5.56 Å². The third kappa shape index (κ3) is 5.45. The zero-order chi connectivity index (χ0) is 24.8. The van der Waals surface area contributed by atoms with Crippen molar-refractivity contribution in [1.82, 2.24) is 29.0 Å². The molecule has 1 aliphatic rings. The van der Waals surface area contributed by atoms with E-state index in [1.807, 2.05) is 24.0 Å². The van der Waals surface area contributed by atoms with Gasteiger partial charge in [-0.15, -0.1) is 0 Å². The number of carbonyl (C=O) groups is 1. The van der Waals surface area contributed by atoms with Crippen molar-refractivity contribution < 1.29 is 9.53 Å². The molecule has 3 aromatic rings. The van der Waals surface area contributed by atoms with E-state index in [9.17, 15) is 14.4 Å². The van der Waals surface area contributed by atoms with Crippen molar-refractivity contribution >= 4 is 22.9 Å². The van der Waals surface area contributed by atoms with E-state index in [2.05, 4.69) is 20.3 Å². The van der Waals surface area contributed by atoms with E-state index in [0.717, 1.165) is 43.7 Å². The molecule has 4 heterocycles. The summed E-state index contributed by atoms with van der Waals surface area (Å²) in [6.45, 7) is 5.52. The van der Waals surface area contributed by atoms with E-state index >= 15 is 0 Å². The summed E-state index contributed by atoms with van der Waals surface area (Å²) in [5.74, 6) is 1.45. The minimum absolute atomic E-state index is 0.240. The monoisotopic (exact) mass is 483 g/mol. The molecular formula is C24H33N7O4. The van der Waals surface area contributed by atoms with Crippen LogP contribution < -0.4 is 16.6 Å². The van der Waals surface area contributed by atoms with Crippen molar-refractivity contribution in [1.29, 1.82) is 0 Å². The van der Waals surface area contributed by atoms with Gasteiger partial charge in [0.1, 0.15) is 17.2 Å². The third-order valence-electron chi connectivity index (χ3n) is 6.16. The van der Waals surface area contributed by atoms with Gasteiger partial charge in [0.15, 0.2) is 5.65 Å². The number of carbonyl (C=O) groups excluding carboxylic acids is 1. The van der Waals surface area contributed by atoms with Gasteiger partial charge in [-0.25, -0.2) is 14.8 Å². The van der Waals surface area contributed by atoms with Crippen molar-refractivity contribution in [3.8, 4) is 11.4 Å². The summed E-state index contributed by atoms with van der Waals surface area (Å²) in [4.78, 5) is 51.8. The average Bonchev–Trinajstić information content (AvgIpc) is 3.49. The van der Waals surface area contributed by atoms with Crippen molar-refractivity contribution in [3.05, 3.63) is 39.2 Å². The highest BCUT2D eigenvalue weighted by molar-refractivity contribution is 5.78. The van der Waals surface area contributed by atoms with Crippen molar-refractivity contribution in [2.75, 3.05) is 38.7 Å². The molecule has 11 nitrogen and oxygen atoms in total. The van der Waals surface area contributed by atoms with Gasteiger partial charge in [-0.2, -0.15) is 0 Å². The molecule has 0 saturated carbocycles. The number of hydrogen-bond acceptors (Lipinski definition) is 7. The van der Waals surface area contributed by atoms with Gasteiger partial charge in [0.2, 0.25) is 5.91 Å². The second-order valence-corrected chi connectivity index (χ2v) is 8.72. The number of amides is 1. The number of hydrogen-bond donors (Lipinski definition) is 2. The number of nitrogens with zero attached hydrogens (tertiary/aromatic N) is 5. The van der Waals surface area contributed by atoms with Crippen molar-refractivity contribution in [2.24, 2.45) is 0 Å². The number of ether oxygens (including phenoxy) is 1. The molecule has 0 aromatic carbocycles. The van der Waals surface area contributed by atoms with Gasteiger partial charge in [-0.3, -0.25) is 18.7 Å². The number of anilines is 1. The molecule has 1 amide bonds. The van der Waals surface area contributed by atoms with Crippen molar-refractivity contribution in [3.63, 3.8) is 0 Å². The molecule has 35 heavy (non-hydrogen) atoms. The first kappa shape index (κ1) is 24.6. The summed E-state index contributed by atoms with van der Waals surface area (Å²) in [7, 11) is 1.59. The molecule has 0 spiro atoms. The number of methoxy groups -OCH3 is 1. The third-order valence-corrected chi connectivity index (χ3v) is 6.16. The number of imidazole rings is 1. The number of fused-ring (bicyclic) bond motifs is 1. The number of aryl methyl sites for hydroxylation is 1. The maximum Gasteiger partial charge on any atom is 0.332 e. The van der Waals surface area contributed by atoms with Crippen LogP contribution in [0.3, 0.4) is 0 Å². The van der Waals surface area contributed by atoms with Crippen LogP contribution in [0.2, 0.25) is 0 Å². The largest absolute Gasteiger partial charge is 0.385 e. The van der Waals surface area contributed by atoms with Gasteiger partial charge >= 0.3 is 5.69 Å². The fraction of sp³-hybridized carbons (Fsp3) is 0.542. The Labute approximate surface area is 203 Å². The molecule has 0 aliphatic carbocycles. The summed E-state index contributed by atoms with van der Waals surface area (Å²) in [5, 5.41) is 3.27. The van der Waals surface area contributed by atoms with Crippen LogP contribution in [-0.4, -0.2) is 68.2 Å². The predicted molar refractivity (Wildman–Crippen MR) is 134 cm³/mol. The summed E-state index contributed by atoms with van der Waals surface area (Å²) >= 11 is 0. The van der Waals surface area contributed by atoms with Crippen LogP contribution in [0.4, 0.5) is 5.82 Å². The summed E-state index contributed by atoms with van der Waals surface area (Å²) in [6.07, 6.45) is 5.45. The van der Waals surface area contributed by atoms with E-state index in [4.69, 9.17) is 4.74 Å². The Morgan fingerprint density at radius 1 is 1.11 bits per heavy atom. The Morgan fingerprint density at radius 2 is 1.97 bits per heavy atom. The second kappa shape index (κ2) is 11.3. The molecule has 0 atom stereocenters. The normalized spacial score (nSPS) is 13.8. The van der Waals surface area contributed by atoms with Gasteiger partial charge in [-0.05, 0) is 37.8 Å². The Bertz CT molecular complexity index is 1280. The Balaban J connectivity index is 1.50. The fourth-order valence-corrected chi connectivity index (χ4v) is 4.36. The van der Waals surface area contributed by atoms with Crippen LogP contribution in [0.5, 0.6) is 0 Å². The smallest absolute Gasteiger partial charge is 0.332 e. The van der Waals surface area contributed by atoms with E-state index in [-0.39, 0.29) is 23.7 Å². The first-order chi connectivity index (χ1) is 17.0. The maximum atomic E-state index is 13.0. The molecule has 3 aromatic heterocycles. The number of pyridine rings is 1. The van der Waals surface area contributed by atoms with E-state index in [1.165, 1.54) is 4.57 Å². The number of nitrogens with one attached hydrogen (secondary N) is 2.